The normalized spacial score (nSPS) is 12.4. The number of nitrogens with one attached hydrogen (secondary N) is 1. The maximum atomic E-state index is 12.1. The van der Waals surface area contributed by atoms with Crippen LogP contribution in [0.2, 0.25) is 0 Å². The first kappa shape index (κ1) is 14.6. The summed E-state index contributed by atoms with van der Waals surface area (Å²) in [4.78, 5) is 12.1. The second kappa shape index (κ2) is 6.56. The summed E-state index contributed by atoms with van der Waals surface area (Å²) in [5.41, 5.74) is 0.801. The van der Waals surface area contributed by atoms with Gasteiger partial charge in [-0.15, -0.1) is 10.2 Å². The van der Waals surface area contributed by atoms with E-state index >= 15 is 0 Å². The maximum Gasteiger partial charge on any atom is 0.237 e. The number of para-hydroxylation sites is 1. The summed E-state index contributed by atoms with van der Waals surface area (Å²) >= 11 is 1.41. The van der Waals surface area contributed by atoms with Gasteiger partial charge < -0.3 is 9.88 Å². The molecule has 2 aromatic rings. The molecule has 1 atom stereocenters. The zero-order valence-corrected chi connectivity index (χ0v) is 12.6. The van der Waals surface area contributed by atoms with E-state index in [1.165, 1.54) is 11.8 Å². The minimum absolute atomic E-state index is 0.0421. The number of nitrogens with zero attached hydrogens (tertiary/aromatic N) is 3. The van der Waals surface area contributed by atoms with Crippen molar-refractivity contribution in [3.63, 3.8) is 0 Å². The summed E-state index contributed by atoms with van der Waals surface area (Å²) in [5, 5.41) is 11.4. The van der Waals surface area contributed by atoms with Crippen molar-refractivity contribution in [2.75, 3.05) is 5.32 Å². The molecule has 0 aliphatic carbocycles. The first-order valence-electron chi connectivity index (χ1n) is 6.50. The molecule has 6 heteroatoms. The fraction of sp³-hybridized carbons (Fsp3) is 0.357. The molecule has 20 heavy (non-hydrogen) atoms. The van der Waals surface area contributed by atoms with Crippen molar-refractivity contribution in [3.8, 4) is 0 Å². The second-order valence-electron chi connectivity index (χ2n) is 4.73. The minimum Gasteiger partial charge on any atom is -0.325 e. The number of amides is 1. The lowest BCUT2D eigenvalue weighted by atomic mass is 10.3. The topological polar surface area (TPSA) is 59.8 Å². The number of carbonyl (C=O) groups is 1. The van der Waals surface area contributed by atoms with E-state index in [1.54, 1.807) is 6.33 Å². The van der Waals surface area contributed by atoms with Gasteiger partial charge in [-0.1, -0.05) is 30.0 Å². The van der Waals surface area contributed by atoms with E-state index < -0.39 is 0 Å². The fourth-order valence-corrected chi connectivity index (χ4v) is 2.60. The van der Waals surface area contributed by atoms with E-state index in [1.807, 2.05) is 41.8 Å². The Bertz CT molecular complexity index is 568. The molecule has 1 N–H and O–H groups in total. The summed E-state index contributed by atoms with van der Waals surface area (Å²) < 4.78 is 1.96. The summed E-state index contributed by atoms with van der Waals surface area (Å²) in [5.74, 6) is -0.0421. The van der Waals surface area contributed by atoms with Gasteiger partial charge in [0.2, 0.25) is 5.91 Å². The van der Waals surface area contributed by atoms with E-state index in [4.69, 9.17) is 0 Å². The highest BCUT2D eigenvalue weighted by Crippen LogP contribution is 2.24. The maximum absolute atomic E-state index is 12.1. The largest absolute Gasteiger partial charge is 0.325 e. The van der Waals surface area contributed by atoms with Crippen LogP contribution in [0.25, 0.3) is 0 Å². The molecule has 0 saturated carbocycles. The Morgan fingerprint density at radius 2 is 1.95 bits per heavy atom. The van der Waals surface area contributed by atoms with Crippen molar-refractivity contribution < 1.29 is 4.79 Å². The minimum atomic E-state index is -0.239. The molecule has 2 rings (SSSR count). The zero-order chi connectivity index (χ0) is 14.5. The molecule has 0 bridgehead atoms. The number of rotatable bonds is 5. The van der Waals surface area contributed by atoms with Gasteiger partial charge in [-0.3, -0.25) is 4.79 Å². The van der Waals surface area contributed by atoms with Crippen LogP contribution >= 0.6 is 11.8 Å². The van der Waals surface area contributed by atoms with E-state index in [9.17, 15) is 4.79 Å². The van der Waals surface area contributed by atoms with Crippen LogP contribution in [0.5, 0.6) is 0 Å². The van der Waals surface area contributed by atoms with E-state index in [0.29, 0.717) is 0 Å². The third-order valence-corrected chi connectivity index (χ3v) is 3.86. The molecule has 0 spiro atoms. The third-order valence-electron chi connectivity index (χ3n) is 2.79. The molecule has 1 aromatic carbocycles. The monoisotopic (exact) mass is 290 g/mol. The fourth-order valence-electron chi connectivity index (χ4n) is 1.65. The van der Waals surface area contributed by atoms with Crippen molar-refractivity contribution in [3.05, 3.63) is 36.7 Å². The molecule has 1 heterocycles. The molecular formula is C14H18N4OS. The Morgan fingerprint density at radius 3 is 2.60 bits per heavy atom. The third kappa shape index (κ3) is 3.60. The number of hydrogen-bond acceptors (Lipinski definition) is 4. The molecule has 1 amide bonds. The zero-order valence-electron chi connectivity index (χ0n) is 11.8. The second-order valence-corrected chi connectivity index (χ2v) is 6.04. The highest BCUT2D eigenvalue weighted by molar-refractivity contribution is 8.00. The lowest BCUT2D eigenvalue weighted by Gasteiger charge is -2.13. The van der Waals surface area contributed by atoms with Crippen molar-refractivity contribution >= 4 is 23.4 Å². The lowest BCUT2D eigenvalue weighted by molar-refractivity contribution is -0.115. The number of anilines is 1. The Hall–Kier alpha value is -1.82. The van der Waals surface area contributed by atoms with Gasteiger partial charge in [0, 0.05) is 11.7 Å². The van der Waals surface area contributed by atoms with Crippen LogP contribution in [0.3, 0.4) is 0 Å². The van der Waals surface area contributed by atoms with Gasteiger partial charge in [0.1, 0.15) is 6.33 Å². The molecule has 106 valence electrons. The Morgan fingerprint density at radius 1 is 1.25 bits per heavy atom. The Balaban J connectivity index is 1.99. The molecule has 0 saturated heterocycles. The van der Waals surface area contributed by atoms with Crippen LogP contribution in [0.4, 0.5) is 5.69 Å². The van der Waals surface area contributed by atoms with Gasteiger partial charge in [0.15, 0.2) is 5.16 Å². The molecule has 5 nitrogen and oxygen atoms in total. The first-order chi connectivity index (χ1) is 9.58. The molecule has 0 fully saturated rings. The van der Waals surface area contributed by atoms with Crippen LogP contribution < -0.4 is 5.32 Å². The van der Waals surface area contributed by atoms with Gasteiger partial charge in [0.05, 0.1) is 5.25 Å². The Labute approximate surface area is 122 Å². The van der Waals surface area contributed by atoms with Crippen LogP contribution in [-0.4, -0.2) is 25.9 Å². The van der Waals surface area contributed by atoms with E-state index in [2.05, 4.69) is 29.4 Å². The van der Waals surface area contributed by atoms with E-state index in [-0.39, 0.29) is 17.2 Å². The molecule has 0 aliphatic heterocycles. The highest BCUT2D eigenvalue weighted by atomic mass is 32.2. The van der Waals surface area contributed by atoms with Gasteiger partial charge in [0.25, 0.3) is 0 Å². The number of carbonyl (C=O) groups excluding carboxylic acids is 1. The summed E-state index contributed by atoms with van der Waals surface area (Å²) in [6, 6.07) is 9.71. The van der Waals surface area contributed by atoms with Crippen LogP contribution in [0, 0.1) is 0 Å². The van der Waals surface area contributed by atoms with Crippen LogP contribution in [0.15, 0.2) is 41.8 Å². The lowest BCUT2D eigenvalue weighted by Crippen LogP contribution is -2.23. The van der Waals surface area contributed by atoms with Crippen molar-refractivity contribution in [2.24, 2.45) is 0 Å². The average molecular weight is 290 g/mol. The molecule has 0 radical (unpaired) electrons. The molecule has 0 aliphatic rings. The predicted molar refractivity (Wildman–Crippen MR) is 80.8 cm³/mol. The van der Waals surface area contributed by atoms with Crippen LogP contribution in [-0.2, 0) is 4.79 Å². The van der Waals surface area contributed by atoms with E-state index in [0.717, 1.165) is 10.8 Å². The van der Waals surface area contributed by atoms with Crippen molar-refractivity contribution in [2.45, 2.75) is 37.2 Å². The molecule has 0 unspecified atom stereocenters. The van der Waals surface area contributed by atoms with Crippen molar-refractivity contribution in [1.82, 2.24) is 14.8 Å². The predicted octanol–water partition coefficient (Wildman–Crippen LogP) is 2.98. The number of thioether (sulfide) groups is 1. The quantitative estimate of drug-likeness (QED) is 0.860. The number of hydrogen-bond donors (Lipinski definition) is 1. The van der Waals surface area contributed by atoms with Gasteiger partial charge in [-0.05, 0) is 32.9 Å². The van der Waals surface area contributed by atoms with Crippen LogP contribution in [0.1, 0.15) is 26.8 Å². The number of aromatic nitrogens is 3. The summed E-state index contributed by atoms with van der Waals surface area (Å²) in [6.07, 6.45) is 1.69. The van der Waals surface area contributed by atoms with Gasteiger partial charge in [-0.25, -0.2) is 0 Å². The van der Waals surface area contributed by atoms with Crippen molar-refractivity contribution in [1.29, 1.82) is 0 Å². The van der Waals surface area contributed by atoms with Gasteiger partial charge in [-0.2, -0.15) is 0 Å². The molecular weight excluding hydrogens is 272 g/mol. The number of benzene rings is 1. The Kier molecular flexibility index (Phi) is 4.79. The average Bonchev–Trinajstić information content (AvgIpc) is 2.88. The first-order valence-corrected chi connectivity index (χ1v) is 7.38. The summed E-state index contributed by atoms with van der Waals surface area (Å²) in [6.45, 7) is 5.98. The SMILES string of the molecule is CC(C)n1cnnc1S[C@H](C)C(=O)Nc1ccccc1. The summed E-state index contributed by atoms with van der Waals surface area (Å²) in [7, 11) is 0. The standard InChI is InChI=1S/C14H18N4OS/c1-10(2)18-9-15-17-14(18)20-11(3)13(19)16-12-7-5-4-6-8-12/h4-11H,1-3H3,(H,16,19)/t11-/m1/s1. The smallest absolute Gasteiger partial charge is 0.237 e. The molecule has 1 aromatic heterocycles. The van der Waals surface area contributed by atoms with Gasteiger partial charge >= 0.3 is 0 Å². The highest BCUT2D eigenvalue weighted by Gasteiger charge is 2.18.